The summed E-state index contributed by atoms with van der Waals surface area (Å²) < 4.78 is 7.06. The van der Waals surface area contributed by atoms with Gasteiger partial charge in [0, 0.05) is 37.9 Å². The molecule has 1 aromatic carbocycles. The van der Waals surface area contributed by atoms with E-state index in [9.17, 15) is 10.1 Å². The van der Waals surface area contributed by atoms with E-state index in [1.165, 1.54) is 6.07 Å². The number of fused-ring (bicyclic) bond motifs is 1. The largest absolute Gasteiger partial charge is 0.381 e. The lowest BCUT2D eigenvalue weighted by Crippen LogP contribution is -2.28. The van der Waals surface area contributed by atoms with E-state index in [4.69, 9.17) is 16.3 Å². The number of imidazole rings is 1. The van der Waals surface area contributed by atoms with Crippen LogP contribution < -0.4 is 5.32 Å². The van der Waals surface area contributed by atoms with Gasteiger partial charge in [0.15, 0.2) is 5.65 Å². The van der Waals surface area contributed by atoms with Crippen LogP contribution >= 0.6 is 11.6 Å². The molecular formula is C17H17ClN6O3. The smallest absolute Gasteiger partial charge is 0.292 e. The molecule has 1 aliphatic heterocycles. The molecule has 1 saturated heterocycles. The number of ether oxygens (including phenoxy) is 1. The fourth-order valence-electron chi connectivity index (χ4n) is 3.20. The summed E-state index contributed by atoms with van der Waals surface area (Å²) in [7, 11) is 1.80. The molecule has 27 heavy (non-hydrogen) atoms. The van der Waals surface area contributed by atoms with Gasteiger partial charge in [0.25, 0.3) is 5.69 Å². The minimum atomic E-state index is -0.399. The molecule has 10 heteroatoms. The monoisotopic (exact) mass is 388 g/mol. The Kier molecular flexibility index (Phi) is 4.63. The standard InChI is InChI=1S/C17H17ClN6O3/c1-23-9-19-15-14(21-17(18)22-16(15)23)10-2-3-12(13(8-10)24(25)26)20-11-4-6-27-7-5-11/h2-3,8-9,11,20H,4-7H2,1H3. The number of aryl methyl sites for hydroxylation is 1. The van der Waals surface area contributed by atoms with Gasteiger partial charge in [0.2, 0.25) is 5.28 Å². The van der Waals surface area contributed by atoms with E-state index >= 15 is 0 Å². The zero-order valence-corrected chi connectivity index (χ0v) is 15.3. The number of nitrogens with one attached hydrogen (secondary N) is 1. The molecule has 2 aromatic heterocycles. The molecule has 0 saturated carbocycles. The van der Waals surface area contributed by atoms with E-state index in [1.807, 2.05) is 0 Å². The highest BCUT2D eigenvalue weighted by atomic mass is 35.5. The summed E-state index contributed by atoms with van der Waals surface area (Å²) in [5.74, 6) is 0. The second-order valence-corrected chi connectivity index (χ2v) is 6.73. The number of nitro groups is 1. The van der Waals surface area contributed by atoms with Gasteiger partial charge in [-0.1, -0.05) is 6.07 Å². The third-order valence-electron chi connectivity index (χ3n) is 4.58. The van der Waals surface area contributed by atoms with Gasteiger partial charge >= 0.3 is 0 Å². The van der Waals surface area contributed by atoms with E-state index in [0.717, 1.165) is 12.8 Å². The predicted octanol–water partition coefficient (Wildman–Crippen LogP) is 3.18. The van der Waals surface area contributed by atoms with Crippen LogP contribution in [0.25, 0.3) is 22.4 Å². The molecule has 0 unspecified atom stereocenters. The van der Waals surface area contributed by atoms with Crippen LogP contribution in [-0.4, -0.2) is 43.7 Å². The molecule has 3 heterocycles. The number of hydrogen-bond donors (Lipinski definition) is 1. The number of halogens is 1. The molecule has 0 bridgehead atoms. The van der Waals surface area contributed by atoms with Crippen molar-refractivity contribution >= 4 is 34.1 Å². The molecule has 4 rings (SSSR count). The van der Waals surface area contributed by atoms with Crippen molar-refractivity contribution in [3.8, 4) is 11.3 Å². The van der Waals surface area contributed by atoms with Gasteiger partial charge in [0.05, 0.1) is 11.3 Å². The number of hydrogen-bond acceptors (Lipinski definition) is 7. The summed E-state index contributed by atoms with van der Waals surface area (Å²) in [6, 6.07) is 5.13. The van der Waals surface area contributed by atoms with Crippen LogP contribution in [0.15, 0.2) is 24.5 Å². The van der Waals surface area contributed by atoms with Crippen LogP contribution in [0.1, 0.15) is 12.8 Å². The van der Waals surface area contributed by atoms with Crippen LogP contribution in [0.3, 0.4) is 0 Å². The molecule has 0 radical (unpaired) electrons. The lowest BCUT2D eigenvalue weighted by Gasteiger charge is -2.24. The zero-order valence-electron chi connectivity index (χ0n) is 14.6. The second kappa shape index (κ2) is 7.09. The Morgan fingerprint density at radius 3 is 2.85 bits per heavy atom. The van der Waals surface area contributed by atoms with Crippen LogP contribution in [-0.2, 0) is 11.8 Å². The van der Waals surface area contributed by atoms with Crippen molar-refractivity contribution in [2.75, 3.05) is 18.5 Å². The number of anilines is 1. The lowest BCUT2D eigenvalue weighted by atomic mass is 10.1. The summed E-state index contributed by atoms with van der Waals surface area (Å²) in [6.45, 7) is 1.31. The maximum atomic E-state index is 11.6. The van der Waals surface area contributed by atoms with Crippen molar-refractivity contribution in [1.82, 2.24) is 19.5 Å². The third-order valence-corrected chi connectivity index (χ3v) is 4.75. The molecule has 3 aromatic rings. The van der Waals surface area contributed by atoms with Crippen molar-refractivity contribution in [2.24, 2.45) is 7.05 Å². The molecule has 140 valence electrons. The van der Waals surface area contributed by atoms with Crippen molar-refractivity contribution in [1.29, 1.82) is 0 Å². The normalized spacial score (nSPS) is 15.2. The SMILES string of the molecule is Cn1cnc2c(-c3ccc(NC4CCOCC4)c([N+](=O)[O-])c3)nc(Cl)nc21. The van der Waals surface area contributed by atoms with Crippen LogP contribution in [0, 0.1) is 10.1 Å². The maximum Gasteiger partial charge on any atom is 0.292 e. The predicted molar refractivity (Wildman–Crippen MR) is 101 cm³/mol. The van der Waals surface area contributed by atoms with Crippen molar-refractivity contribution in [3.05, 3.63) is 39.9 Å². The van der Waals surface area contributed by atoms with E-state index in [0.29, 0.717) is 41.3 Å². The first kappa shape index (κ1) is 17.6. The van der Waals surface area contributed by atoms with Crippen molar-refractivity contribution < 1.29 is 9.66 Å². The molecule has 9 nitrogen and oxygen atoms in total. The molecule has 1 aliphatic rings. The Bertz CT molecular complexity index is 1020. The van der Waals surface area contributed by atoms with Crippen LogP contribution in [0.4, 0.5) is 11.4 Å². The molecule has 1 fully saturated rings. The first-order chi connectivity index (χ1) is 13.0. The molecular weight excluding hydrogens is 372 g/mol. The first-order valence-corrected chi connectivity index (χ1v) is 8.88. The van der Waals surface area contributed by atoms with Gasteiger partial charge in [0.1, 0.15) is 16.9 Å². The quantitative estimate of drug-likeness (QED) is 0.415. The summed E-state index contributed by atoms with van der Waals surface area (Å²) in [5, 5.41) is 15.0. The van der Waals surface area contributed by atoms with Gasteiger partial charge < -0.3 is 14.6 Å². The number of nitrogens with zero attached hydrogens (tertiary/aromatic N) is 5. The van der Waals surface area contributed by atoms with E-state index in [2.05, 4.69) is 20.3 Å². The maximum absolute atomic E-state index is 11.6. The fraction of sp³-hybridized carbons (Fsp3) is 0.353. The highest BCUT2D eigenvalue weighted by molar-refractivity contribution is 6.28. The highest BCUT2D eigenvalue weighted by Crippen LogP contribution is 2.33. The molecule has 0 atom stereocenters. The van der Waals surface area contributed by atoms with Crippen LogP contribution in [0.2, 0.25) is 5.28 Å². The highest BCUT2D eigenvalue weighted by Gasteiger charge is 2.22. The second-order valence-electron chi connectivity index (χ2n) is 6.39. The number of aromatic nitrogens is 4. The average molecular weight is 389 g/mol. The topological polar surface area (TPSA) is 108 Å². The summed E-state index contributed by atoms with van der Waals surface area (Å²) in [6.07, 6.45) is 3.23. The minimum Gasteiger partial charge on any atom is -0.381 e. The zero-order chi connectivity index (χ0) is 19.0. The van der Waals surface area contributed by atoms with E-state index in [-0.39, 0.29) is 17.0 Å². The summed E-state index contributed by atoms with van der Waals surface area (Å²) >= 11 is 6.04. The Hall–Kier alpha value is -2.78. The Morgan fingerprint density at radius 1 is 1.33 bits per heavy atom. The Balaban J connectivity index is 1.76. The molecule has 1 N–H and O–H groups in total. The minimum absolute atomic E-state index is 0.0159. The van der Waals surface area contributed by atoms with E-state index < -0.39 is 4.92 Å². The Labute approximate surface area is 159 Å². The summed E-state index contributed by atoms with van der Waals surface area (Å²) in [4.78, 5) is 24.0. The van der Waals surface area contributed by atoms with Gasteiger partial charge in [-0.05, 0) is 30.5 Å². The fourth-order valence-corrected chi connectivity index (χ4v) is 3.36. The number of benzene rings is 1. The van der Waals surface area contributed by atoms with Gasteiger partial charge in [-0.2, -0.15) is 4.98 Å². The number of nitro benzene ring substituents is 1. The third kappa shape index (κ3) is 3.43. The molecule has 0 aliphatic carbocycles. The lowest BCUT2D eigenvalue weighted by molar-refractivity contribution is -0.383. The van der Waals surface area contributed by atoms with Crippen LogP contribution in [0.5, 0.6) is 0 Å². The van der Waals surface area contributed by atoms with Gasteiger partial charge in [-0.25, -0.2) is 9.97 Å². The summed E-state index contributed by atoms with van der Waals surface area (Å²) in [5.41, 5.74) is 2.60. The number of rotatable bonds is 4. The average Bonchev–Trinajstić information content (AvgIpc) is 3.03. The van der Waals surface area contributed by atoms with Gasteiger partial charge in [-0.3, -0.25) is 10.1 Å². The van der Waals surface area contributed by atoms with E-state index in [1.54, 1.807) is 30.1 Å². The Morgan fingerprint density at radius 2 is 2.11 bits per heavy atom. The van der Waals surface area contributed by atoms with Gasteiger partial charge in [-0.15, -0.1) is 0 Å². The first-order valence-electron chi connectivity index (χ1n) is 8.50. The molecule has 0 amide bonds. The van der Waals surface area contributed by atoms with Crippen molar-refractivity contribution in [3.63, 3.8) is 0 Å². The molecule has 0 spiro atoms. The van der Waals surface area contributed by atoms with Crippen molar-refractivity contribution in [2.45, 2.75) is 18.9 Å².